The maximum atomic E-state index is 3.46. The number of thioether (sulfide) groups is 1. The topological polar surface area (TPSA) is 18.5 Å². The largest absolute Gasteiger partial charge is 0.317 e. The van der Waals surface area contributed by atoms with Crippen LogP contribution < -0.4 is 5.32 Å². The van der Waals surface area contributed by atoms with Gasteiger partial charge in [-0.05, 0) is 83.7 Å². The van der Waals surface area contributed by atoms with Gasteiger partial charge in [-0.3, -0.25) is 0 Å². The highest BCUT2D eigenvalue weighted by Gasteiger charge is 2.22. The lowest BCUT2D eigenvalue weighted by molar-refractivity contribution is 0.160. The van der Waals surface area contributed by atoms with E-state index in [1.54, 1.807) is 0 Å². The van der Waals surface area contributed by atoms with Gasteiger partial charge < -0.3 is 15.1 Å². The van der Waals surface area contributed by atoms with Crippen molar-refractivity contribution in [1.29, 1.82) is 0 Å². The molecular formula is C17H33N3S. The minimum Gasteiger partial charge on any atom is -0.317 e. The summed E-state index contributed by atoms with van der Waals surface area (Å²) < 4.78 is 0. The van der Waals surface area contributed by atoms with Crippen LogP contribution in [0.3, 0.4) is 0 Å². The van der Waals surface area contributed by atoms with E-state index in [2.05, 4.69) is 26.9 Å². The van der Waals surface area contributed by atoms with Crippen molar-refractivity contribution >= 4 is 11.8 Å². The molecule has 0 amide bonds. The van der Waals surface area contributed by atoms with Crippen LogP contribution in [0.1, 0.15) is 38.5 Å². The van der Waals surface area contributed by atoms with Crippen molar-refractivity contribution in [3.05, 3.63) is 0 Å². The van der Waals surface area contributed by atoms with E-state index in [9.17, 15) is 0 Å². The molecule has 0 aliphatic carbocycles. The fraction of sp³-hybridized carbons (Fsp3) is 1.00. The van der Waals surface area contributed by atoms with Crippen LogP contribution in [0.5, 0.6) is 0 Å². The van der Waals surface area contributed by atoms with Gasteiger partial charge in [0, 0.05) is 24.1 Å². The van der Waals surface area contributed by atoms with Crippen LogP contribution in [0.4, 0.5) is 0 Å². The molecule has 3 aliphatic rings. The molecule has 0 aromatic heterocycles. The zero-order chi connectivity index (χ0) is 14.3. The molecular weight excluding hydrogens is 278 g/mol. The Hall–Kier alpha value is 0.230. The number of nitrogens with one attached hydrogen (secondary N) is 1. The summed E-state index contributed by atoms with van der Waals surface area (Å²) in [6.07, 6.45) is 8.51. The first-order chi connectivity index (χ1) is 10.4. The van der Waals surface area contributed by atoms with Gasteiger partial charge in [-0.2, -0.15) is 11.8 Å². The lowest BCUT2D eigenvalue weighted by atomic mass is 9.96. The van der Waals surface area contributed by atoms with Gasteiger partial charge in [-0.15, -0.1) is 0 Å². The first kappa shape index (κ1) is 16.1. The van der Waals surface area contributed by atoms with Crippen molar-refractivity contribution in [3.8, 4) is 0 Å². The normalized spacial score (nSPS) is 27.4. The molecule has 0 bridgehead atoms. The fourth-order valence-electron chi connectivity index (χ4n) is 4.03. The molecule has 0 aromatic rings. The lowest BCUT2D eigenvalue weighted by Gasteiger charge is -2.34. The average Bonchev–Trinajstić information content (AvgIpc) is 3.03. The summed E-state index contributed by atoms with van der Waals surface area (Å²) in [6.45, 7) is 10.6. The molecule has 0 atom stereocenters. The van der Waals surface area contributed by atoms with E-state index >= 15 is 0 Å². The van der Waals surface area contributed by atoms with E-state index in [1.807, 2.05) is 0 Å². The third-order valence-electron chi connectivity index (χ3n) is 5.47. The molecule has 3 saturated heterocycles. The summed E-state index contributed by atoms with van der Waals surface area (Å²) in [5.41, 5.74) is 0. The van der Waals surface area contributed by atoms with Crippen molar-refractivity contribution in [1.82, 2.24) is 15.1 Å². The van der Waals surface area contributed by atoms with Crippen molar-refractivity contribution in [2.24, 2.45) is 5.92 Å². The Morgan fingerprint density at radius 2 is 1.57 bits per heavy atom. The van der Waals surface area contributed by atoms with Crippen molar-refractivity contribution < 1.29 is 0 Å². The van der Waals surface area contributed by atoms with Gasteiger partial charge in [0.2, 0.25) is 0 Å². The molecule has 0 radical (unpaired) electrons. The standard InChI is InChI=1S/C17H33N3S/c1-2-10-20(9-1)15-16-5-11-19(12-6-16)13-14-21-17-3-7-18-8-4-17/h16-18H,1-15H2. The molecule has 0 saturated carbocycles. The minimum atomic E-state index is 0.930. The summed E-state index contributed by atoms with van der Waals surface area (Å²) in [4.78, 5) is 5.42. The summed E-state index contributed by atoms with van der Waals surface area (Å²) >= 11 is 2.23. The SMILES string of the molecule is C1CCN(CC2CCN(CCSC3CCNCC3)CC2)C1. The highest BCUT2D eigenvalue weighted by molar-refractivity contribution is 7.99. The summed E-state index contributed by atoms with van der Waals surface area (Å²) in [7, 11) is 0. The quantitative estimate of drug-likeness (QED) is 0.811. The highest BCUT2D eigenvalue weighted by atomic mass is 32.2. The average molecular weight is 312 g/mol. The second-order valence-corrected chi connectivity index (χ2v) is 8.52. The Morgan fingerprint density at radius 3 is 2.29 bits per heavy atom. The molecule has 0 spiro atoms. The second kappa shape index (κ2) is 8.76. The van der Waals surface area contributed by atoms with Crippen LogP contribution in [-0.2, 0) is 0 Å². The molecule has 3 heterocycles. The van der Waals surface area contributed by atoms with Gasteiger partial charge >= 0.3 is 0 Å². The molecule has 3 rings (SSSR count). The van der Waals surface area contributed by atoms with Gasteiger partial charge in [-0.25, -0.2) is 0 Å². The monoisotopic (exact) mass is 311 g/mol. The van der Waals surface area contributed by atoms with Crippen LogP contribution in [0, 0.1) is 5.92 Å². The van der Waals surface area contributed by atoms with E-state index in [1.165, 1.54) is 96.6 Å². The van der Waals surface area contributed by atoms with Crippen LogP contribution in [0.25, 0.3) is 0 Å². The molecule has 3 nitrogen and oxygen atoms in total. The van der Waals surface area contributed by atoms with E-state index in [0.717, 1.165) is 11.2 Å². The van der Waals surface area contributed by atoms with Crippen LogP contribution >= 0.6 is 11.8 Å². The third kappa shape index (κ3) is 5.42. The third-order valence-corrected chi connectivity index (χ3v) is 6.83. The van der Waals surface area contributed by atoms with Gasteiger partial charge in [0.25, 0.3) is 0 Å². The van der Waals surface area contributed by atoms with Gasteiger partial charge in [0.1, 0.15) is 0 Å². The van der Waals surface area contributed by atoms with Crippen molar-refractivity contribution in [2.45, 2.75) is 43.8 Å². The Bertz CT molecular complexity index is 280. The Kier molecular flexibility index (Phi) is 6.71. The first-order valence-corrected chi connectivity index (χ1v) is 10.2. The zero-order valence-electron chi connectivity index (χ0n) is 13.6. The van der Waals surface area contributed by atoms with Crippen LogP contribution in [-0.4, -0.2) is 73.2 Å². The van der Waals surface area contributed by atoms with Crippen molar-refractivity contribution in [2.75, 3.05) is 58.1 Å². The van der Waals surface area contributed by atoms with E-state index in [4.69, 9.17) is 0 Å². The summed E-state index contributed by atoms with van der Waals surface area (Å²) in [6, 6.07) is 0. The number of rotatable bonds is 6. The van der Waals surface area contributed by atoms with Crippen LogP contribution in [0.2, 0.25) is 0 Å². The zero-order valence-corrected chi connectivity index (χ0v) is 14.4. The van der Waals surface area contributed by atoms with Gasteiger partial charge in [0.05, 0.1) is 0 Å². The molecule has 1 N–H and O–H groups in total. The number of likely N-dealkylation sites (tertiary alicyclic amines) is 2. The van der Waals surface area contributed by atoms with E-state index in [0.29, 0.717) is 0 Å². The van der Waals surface area contributed by atoms with E-state index in [-0.39, 0.29) is 0 Å². The number of nitrogens with zero attached hydrogens (tertiary/aromatic N) is 2. The molecule has 4 heteroatoms. The maximum absolute atomic E-state index is 3.46. The van der Waals surface area contributed by atoms with Crippen molar-refractivity contribution in [3.63, 3.8) is 0 Å². The second-order valence-electron chi connectivity index (χ2n) is 7.11. The molecule has 3 fully saturated rings. The van der Waals surface area contributed by atoms with Gasteiger partial charge in [0.15, 0.2) is 0 Å². The first-order valence-electron chi connectivity index (χ1n) is 9.17. The lowest BCUT2D eigenvalue weighted by Crippen LogP contribution is -2.39. The fourth-order valence-corrected chi connectivity index (χ4v) is 5.30. The molecule has 0 unspecified atom stereocenters. The number of hydrogen-bond donors (Lipinski definition) is 1. The molecule has 0 aromatic carbocycles. The summed E-state index contributed by atoms with van der Waals surface area (Å²) in [5, 5.41) is 4.39. The van der Waals surface area contributed by atoms with E-state index < -0.39 is 0 Å². The molecule has 21 heavy (non-hydrogen) atoms. The Labute approximate surface area is 135 Å². The van der Waals surface area contributed by atoms with Crippen LogP contribution in [0.15, 0.2) is 0 Å². The summed E-state index contributed by atoms with van der Waals surface area (Å²) in [5.74, 6) is 2.33. The predicted molar refractivity (Wildman–Crippen MR) is 93.2 cm³/mol. The smallest absolute Gasteiger partial charge is 0.00724 e. The van der Waals surface area contributed by atoms with Gasteiger partial charge in [-0.1, -0.05) is 0 Å². The predicted octanol–water partition coefficient (Wildman–Crippen LogP) is 2.28. The Morgan fingerprint density at radius 1 is 0.857 bits per heavy atom. The number of piperidine rings is 2. The highest BCUT2D eigenvalue weighted by Crippen LogP contribution is 2.23. The maximum Gasteiger partial charge on any atom is 0.00724 e. The molecule has 122 valence electrons. The number of hydrogen-bond acceptors (Lipinski definition) is 4. The minimum absolute atomic E-state index is 0.930. The molecule has 3 aliphatic heterocycles. The Balaban J connectivity index is 1.25.